The maximum atomic E-state index is 12.2. The maximum Gasteiger partial charge on any atom is 0.271 e. The van der Waals surface area contributed by atoms with Gasteiger partial charge in [-0.2, -0.15) is 5.10 Å². The molecule has 0 aromatic heterocycles. The normalized spacial score (nSPS) is 13.4. The monoisotopic (exact) mass is 375 g/mol. The highest BCUT2D eigenvalue weighted by atomic mass is 32.2. The van der Waals surface area contributed by atoms with Crippen molar-refractivity contribution in [3.8, 4) is 11.5 Å². The molecule has 2 aromatic rings. The molecule has 0 bridgehead atoms. The maximum absolute atomic E-state index is 12.2. The first-order valence-corrected chi connectivity index (χ1v) is 9.53. The summed E-state index contributed by atoms with van der Waals surface area (Å²) in [6.45, 7) is 1.88. The minimum atomic E-state index is -3.32. The highest BCUT2D eigenvalue weighted by molar-refractivity contribution is 7.92. The van der Waals surface area contributed by atoms with Gasteiger partial charge in [0, 0.05) is 11.3 Å². The molecule has 8 nitrogen and oxygen atoms in total. The van der Waals surface area contributed by atoms with Gasteiger partial charge < -0.3 is 9.47 Å². The van der Waals surface area contributed by atoms with Gasteiger partial charge in [0.2, 0.25) is 16.8 Å². The number of hydrogen-bond acceptors (Lipinski definition) is 6. The van der Waals surface area contributed by atoms with E-state index in [2.05, 4.69) is 15.2 Å². The fourth-order valence-corrected chi connectivity index (χ4v) is 2.86. The van der Waals surface area contributed by atoms with Crippen molar-refractivity contribution < 1.29 is 22.7 Å². The molecule has 136 valence electrons. The van der Waals surface area contributed by atoms with Crippen molar-refractivity contribution in [3.05, 3.63) is 53.6 Å². The van der Waals surface area contributed by atoms with E-state index >= 15 is 0 Å². The molecule has 3 rings (SSSR count). The fraction of sp³-hybridized carbons (Fsp3) is 0.176. The topological polar surface area (TPSA) is 106 Å². The molecule has 0 aliphatic carbocycles. The van der Waals surface area contributed by atoms with Crippen LogP contribution < -0.4 is 19.6 Å². The van der Waals surface area contributed by atoms with Gasteiger partial charge in [-0.1, -0.05) is 12.1 Å². The van der Waals surface area contributed by atoms with E-state index < -0.39 is 10.0 Å². The van der Waals surface area contributed by atoms with Crippen molar-refractivity contribution >= 4 is 27.3 Å². The summed E-state index contributed by atoms with van der Waals surface area (Å²) in [4.78, 5) is 12.2. The predicted molar refractivity (Wildman–Crippen MR) is 97.2 cm³/mol. The van der Waals surface area contributed by atoms with Crippen molar-refractivity contribution in [3.63, 3.8) is 0 Å². The molecule has 0 fully saturated rings. The SMILES string of the molecule is C/C(=N\NC(=O)c1ccc2c(c1)OCO2)c1ccc(NS(C)(=O)=O)cc1. The Morgan fingerprint density at radius 1 is 1.04 bits per heavy atom. The first-order chi connectivity index (χ1) is 12.3. The Labute approximate surface area is 150 Å². The molecule has 1 aliphatic heterocycles. The third-order valence-corrected chi connectivity index (χ3v) is 4.17. The summed E-state index contributed by atoms with van der Waals surface area (Å²) in [5.74, 6) is 0.745. The zero-order valence-electron chi connectivity index (χ0n) is 14.1. The molecule has 26 heavy (non-hydrogen) atoms. The van der Waals surface area contributed by atoms with Crippen molar-refractivity contribution in [2.24, 2.45) is 5.10 Å². The van der Waals surface area contributed by atoms with Crippen LogP contribution in [0.15, 0.2) is 47.6 Å². The number of anilines is 1. The number of carbonyl (C=O) groups excluding carboxylic acids is 1. The number of hydrazone groups is 1. The van der Waals surface area contributed by atoms with Crippen LogP contribution in [-0.4, -0.2) is 33.1 Å². The quantitative estimate of drug-likeness (QED) is 0.614. The van der Waals surface area contributed by atoms with Gasteiger partial charge in [0.1, 0.15) is 0 Å². The Hall–Kier alpha value is -3.07. The van der Waals surface area contributed by atoms with Crippen LogP contribution in [0.2, 0.25) is 0 Å². The Balaban J connectivity index is 1.67. The number of ether oxygens (including phenoxy) is 2. The molecular formula is C17H17N3O5S. The average Bonchev–Trinajstić information content (AvgIpc) is 3.06. The molecule has 0 spiro atoms. The zero-order valence-corrected chi connectivity index (χ0v) is 15.0. The number of hydrogen-bond donors (Lipinski definition) is 2. The Morgan fingerprint density at radius 3 is 2.38 bits per heavy atom. The number of nitrogens with one attached hydrogen (secondary N) is 2. The molecule has 0 saturated carbocycles. The minimum absolute atomic E-state index is 0.141. The summed E-state index contributed by atoms with van der Waals surface area (Å²) in [6.07, 6.45) is 1.08. The van der Waals surface area contributed by atoms with Crippen molar-refractivity contribution in [1.82, 2.24) is 5.43 Å². The van der Waals surface area contributed by atoms with E-state index in [0.717, 1.165) is 11.8 Å². The molecule has 1 heterocycles. The van der Waals surface area contributed by atoms with Crippen LogP contribution in [0.4, 0.5) is 5.69 Å². The van der Waals surface area contributed by atoms with Gasteiger partial charge in [-0.3, -0.25) is 9.52 Å². The van der Waals surface area contributed by atoms with E-state index in [1.807, 2.05) is 0 Å². The van der Waals surface area contributed by atoms with Crippen molar-refractivity contribution in [2.45, 2.75) is 6.92 Å². The highest BCUT2D eigenvalue weighted by Crippen LogP contribution is 2.32. The van der Waals surface area contributed by atoms with Crippen LogP contribution in [0.5, 0.6) is 11.5 Å². The van der Waals surface area contributed by atoms with E-state index in [1.54, 1.807) is 49.4 Å². The zero-order chi connectivity index (χ0) is 18.7. The number of sulfonamides is 1. The first-order valence-electron chi connectivity index (χ1n) is 7.64. The van der Waals surface area contributed by atoms with Crippen LogP contribution in [0.25, 0.3) is 0 Å². The molecule has 9 heteroatoms. The van der Waals surface area contributed by atoms with E-state index in [0.29, 0.717) is 28.5 Å². The summed E-state index contributed by atoms with van der Waals surface area (Å²) in [5, 5.41) is 4.07. The number of amides is 1. The van der Waals surface area contributed by atoms with E-state index in [9.17, 15) is 13.2 Å². The van der Waals surface area contributed by atoms with E-state index in [4.69, 9.17) is 9.47 Å². The van der Waals surface area contributed by atoms with Gasteiger partial charge in [-0.15, -0.1) is 0 Å². The van der Waals surface area contributed by atoms with Gasteiger partial charge in [0.25, 0.3) is 5.91 Å². The molecule has 0 unspecified atom stereocenters. The summed E-state index contributed by atoms with van der Waals surface area (Å²) in [7, 11) is -3.32. The number of nitrogens with zero attached hydrogens (tertiary/aromatic N) is 1. The minimum Gasteiger partial charge on any atom is -0.454 e. The second-order valence-corrected chi connectivity index (χ2v) is 7.41. The first kappa shape index (κ1) is 17.7. The standard InChI is InChI=1S/C17H17N3O5S/c1-11(12-3-6-14(7-4-12)20-26(2,22)23)18-19-17(21)13-5-8-15-16(9-13)25-10-24-15/h3-9,20H,10H2,1-2H3,(H,19,21)/b18-11+. The number of carbonyl (C=O) groups is 1. The summed E-state index contributed by atoms with van der Waals surface area (Å²) in [6, 6.07) is 11.5. The van der Waals surface area contributed by atoms with Crippen LogP contribution in [0, 0.1) is 0 Å². The second kappa shape index (κ2) is 7.04. The van der Waals surface area contributed by atoms with Crippen LogP contribution in [0.1, 0.15) is 22.8 Å². The number of fused-ring (bicyclic) bond motifs is 1. The molecule has 1 aliphatic rings. The van der Waals surface area contributed by atoms with Crippen LogP contribution in [0.3, 0.4) is 0 Å². The van der Waals surface area contributed by atoms with E-state index in [1.165, 1.54) is 0 Å². The van der Waals surface area contributed by atoms with Crippen LogP contribution in [-0.2, 0) is 10.0 Å². The smallest absolute Gasteiger partial charge is 0.271 e. The summed E-state index contributed by atoms with van der Waals surface area (Å²) in [5.41, 5.74) is 4.66. The average molecular weight is 375 g/mol. The predicted octanol–water partition coefficient (Wildman–Crippen LogP) is 1.94. The molecule has 1 amide bonds. The fourth-order valence-electron chi connectivity index (χ4n) is 2.30. The van der Waals surface area contributed by atoms with Crippen molar-refractivity contribution in [1.29, 1.82) is 0 Å². The largest absolute Gasteiger partial charge is 0.454 e. The third kappa shape index (κ3) is 4.31. The highest BCUT2D eigenvalue weighted by Gasteiger charge is 2.16. The van der Waals surface area contributed by atoms with Gasteiger partial charge in [0.05, 0.1) is 12.0 Å². The van der Waals surface area contributed by atoms with Gasteiger partial charge in [-0.05, 0) is 42.8 Å². The lowest BCUT2D eigenvalue weighted by molar-refractivity contribution is 0.0954. The second-order valence-electron chi connectivity index (χ2n) is 5.66. The summed E-state index contributed by atoms with van der Waals surface area (Å²) < 4.78 is 35.2. The van der Waals surface area contributed by atoms with Crippen LogP contribution >= 0.6 is 0 Å². The van der Waals surface area contributed by atoms with Crippen molar-refractivity contribution in [2.75, 3.05) is 17.8 Å². The Morgan fingerprint density at radius 2 is 1.69 bits per heavy atom. The summed E-state index contributed by atoms with van der Waals surface area (Å²) >= 11 is 0. The lowest BCUT2D eigenvalue weighted by Crippen LogP contribution is -2.19. The molecule has 0 atom stereocenters. The van der Waals surface area contributed by atoms with E-state index in [-0.39, 0.29) is 12.7 Å². The van der Waals surface area contributed by atoms with Gasteiger partial charge >= 0.3 is 0 Å². The lowest BCUT2D eigenvalue weighted by Gasteiger charge is -2.06. The number of benzene rings is 2. The molecule has 0 saturated heterocycles. The Kier molecular flexibility index (Phi) is 4.81. The Bertz CT molecular complexity index is 968. The van der Waals surface area contributed by atoms with Gasteiger partial charge in [0.15, 0.2) is 11.5 Å². The molecule has 2 N–H and O–H groups in total. The molecule has 0 radical (unpaired) electrons. The third-order valence-electron chi connectivity index (χ3n) is 3.57. The number of rotatable bonds is 5. The van der Waals surface area contributed by atoms with Gasteiger partial charge in [-0.25, -0.2) is 13.8 Å². The molecule has 2 aromatic carbocycles. The lowest BCUT2D eigenvalue weighted by atomic mass is 10.1. The molecular weight excluding hydrogens is 358 g/mol.